The lowest BCUT2D eigenvalue weighted by Gasteiger charge is -2.36. The first-order valence-electron chi connectivity index (χ1n) is 6.59. The van der Waals surface area contributed by atoms with Gasteiger partial charge >= 0.3 is 0 Å². The van der Waals surface area contributed by atoms with E-state index in [1.54, 1.807) is 18.0 Å². The smallest absolute Gasteiger partial charge is 0.274 e. The average Bonchev–Trinajstić information content (AvgIpc) is 2.37. The van der Waals surface area contributed by atoms with Crippen LogP contribution in [0.2, 0.25) is 0 Å². The lowest BCUT2D eigenvalue weighted by Crippen LogP contribution is -2.48. The van der Waals surface area contributed by atoms with Crippen molar-refractivity contribution >= 4 is 11.7 Å². The fraction of sp³-hybridized carbons (Fsp3) is 0.615. The van der Waals surface area contributed by atoms with E-state index in [4.69, 9.17) is 0 Å². The number of hydrogen-bond donors (Lipinski definition) is 2. The van der Waals surface area contributed by atoms with E-state index in [1.807, 2.05) is 6.92 Å². The summed E-state index contributed by atoms with van der Waals surface area (Å²) in [5.41, 5.74) is -0.489. The summed E-state index contributed by atoms with van der Waals surface area (Å²) in [6.45, 7) is 5.44. The Bertz CT molecular complexity index is 462. The summed E-state index contributed by atoms with van der Waals surface area (Å²) < 4.78 is 0. The Balaban J connectivity index is 2.12. The molecule has 1 saturated heterocycles. The van der Waals surface area contributed by atoms with Gasteiger partial charge in [-0.25, -0.2) is 4.98 Å². The Morgan fingerprint density at radius 3 is 3.05 bits per heavy atom. The van der Waals surface area contributed by atoms with Gasteiger partial charge in [-0.1, -0.05) is 0 Å². The van der Waals surface area contributed by atoms with Crippen molar-refractivity contribution in [2.45, 2.75) is 32.3 Å². The number of aromatic nitrogens is 2. The van der Waals surface area contributed by atoms with E-state index in [1.165, 1.54) is 6.20 Å². The van der Waals surface area contributed by atoms with Crippen molar-refractivity contribution in [3.63, 3.8) is 0 Å². The predicted octanol–water partition coefficient (Wildman–Crippen LogP) is 0.895. The maximum absolute atomic E-state index is 12.3. The van der Waals surface area contributed by atoms with Gasteiger partial charge in [-0.05, 0) is 26.7 Å². The molecular formula is C13H20N4O2. The predicted molar refractivity (Wildman–Crippen MR) is 72.0 cm³/mol. The molecule has 0 bridgehead atoms. The van der Waals surface area contributed by atoms with Crippen LogP contribution in [0.15, 0.2) is 12.4 Å². The van der Waals surface area contributed by atoms with Crippen molar-refractivity contribution in [3.05, 3.63) is 18.1 Å². The Morgan fingerprint density at radius 2 is 2.37 bits per heavy atom. The molecule has 1 fully saturated rings. The third-order valence-electron chi connectivity index (χ3n) is 3.17. The second-order valence-electron chi connectivity index (χ2n) is 5.15. The van der Waals surface area contributed by atoms with E-state index in [0.29, 0.717) is 24.6 Å². The summed E-state index contributed by atoms with van der Waals surface area (Å²) in [5, 5.41) is 13.1. The normalized spacial score (nSPS) is 23.2. The number of amides is 1. The Kier molecular flexibility index (Phi) is 3.99. The molecule has 0 radical (unpaired) electrons. The number of likely N-dealkylation sites (tertiary alicyclic amines) is 1. The number of carbonyl (C=O) groups excluding carboxylic acids is 1. The lowest BCUT2D eigenvalue weighted by atomic mass is 9.95. The molecule has 0 saturated carbocycles. The minimum Gasteiger partial charge on any atom is -0.388 e. The third kappa shape index (κ3) is 3.41. The maximum Gasteiger partial charge on any atom is 0.274 e. The van der Waals surface area contributed by atoms with Crippen LogP contribution in [0, 0.1) is 0 Å². The van der Waals surface area contributed by atoms with Crippen LogP contribution in [-0.4, -0.2) is 51.1 Å². The van der Waals surface area contributed by atoms with Crippen LogP contribution in [0.25, 0.3) is 0 Å². The van der Waals surface area contributed by atoms with Gasteiger partial charge in [0.25, 0.3) is 5.91 Å². The minimum absolute atomic E-state index is 0.174. The van der Waals surface area contributed by atoms with Crippen LogP contribution in [0.1, 0.15) is 37.2 Å². The van der Waals surface area contributed by atoms with Crippen LogP contribution in [0.5, 0.6) is 0 Å². The van der Waals surface area contributed by atoms with Gasteiger partial charge in [-0.15, -0.1) is 0 Å². The van der Waals surface area contributed by atoms with E-state index in [0.717, 1.165) is 19.4 Å². The van der Waals surface area contributed by atoms with Gasteiger partial charge < -0.3 is 15.3 Å². The van der Waals surface area contributed by atoms with Crippen molar-refractivity contribution in [3.8, 4) is 0 Å². The van der Waals surface area contributed by atoms with Gasteiger partial charge in [0.1, 0.15) is 11.5 Å². The molecule has 2 N–H and O–H groups in total. The third-order valence-corrected chi connectivity index (χ3v) is 3.17. The largest absolute Gasteiger partial charge is 0.388 e. The molecule has 1 atom stereocenters. The molecule has 0 aromatic carbocycles. The molecule has 1 aliphatic heterocycles. The number of piperidine rings is 1. The first-order valence-corrected chi connectivity index (χ1v) is 6.59. The van der Waals surface area contributed by atoms with Crippen molar-refractivity contribution < 1.29 is 9.90 Å². The first-order chi connectivity index (χ1) is 9.02. The Hall–Kier alpha value is -1.69. The number of rotatable bonds is 3. The van der Waals surface area contributed by atoms with Crippen LogP contribution >= 0.6 is 0 Å². The summed E-state index contributed by atoms with van der Waals surface area (Å²) in [5.74, 6) is 0.421. The van der Waals surface area contributed by atoms with Gasteiger partial charge in [0.05, 0.1) is 18.0 Å². The zero-order valence-electron chi connectivity index (χ0n) is 11.4. The monoisotopic (exact) mass is 264 g/mol. The standard InChI is InChI=1S/C13H20N4O2/c1-3-15-11-8-14-7-10(16-11)12(18)17-6-4-5-13(2,19)9-17/h7-8,19H,3-6,9H2,1-2H3,(H,15,16). The SMILES string of the molecule is CCNc1cncc(C(=O)N2CCCC(C)(O)C2)n1. The van der Waals surface area contributed by atoms with E-state index in [-0.39, 0.29) is 5.91 Å². The molecule has 0 spiro atoms. The summed E-state index contributed by atoms with van der Waals surface area (Å²) >= 11 is 0. The summed E-state index contributed by atoms with van der Waals surface area (Å²) in [4.78, 5) is 22.2. The molecule has 19 heavy (non-hydrogen) atoms. The number of nitrogens with one attached hydrogen (secondary N) is 1. The van der Waals surface area contributed by atoms with Crippen LogP contribution in [0.3, 0.4) is 0 Å². The average molecular weight is 264 g/mol. The van der Waals surface area contributed by atoms with Crippen LogP contribution < -0.4 is 5.32 Å². The van der Waals surface area contributed by atoms with E-state index >= 15 is 0 Å². The highest BCUT2D eigenvalue weighted by Crippen LogP contribution is 2.21. The van der Waals surface area contributed by atoms with E-state index in [9.17, 15) is 9.90 Å². The highest BCUT2D eigenvalue weighted by molar-refractivity contribution is 5.92. The zero-order valence-corrected chi connectivity index (χ0v) is 11.4. The molecule has 1 aromatic heterocycles. The number of β-amino-alcohol motifs (C(OH)–C–C–N with tert-alkyl or cyclic N) is 1. The molecule has 1 aromatic rings. The van der Waals surface area contributed by atoms with Crippen molar-refractivity contribution in [2.75, 3.05) is 25.0 Å². The lowest BCUT2D eigenvalue weighted by molar-refractivity contribution is -0.0109. The molecule has 1 amide bonds. The van der Waals surface area contributed by atoms with Gasteiger partial charge in [-0.3, -0.25) is 9.78 Å². The van der Waals surface area contributed by atoms with Gasteiger partial charge in [0, 0.05) is 19.6 Å². The molecule has 6 heteroatoms. The Morgan fingerprint density at radius 1 is 1.58 bits per heavy atom. The summed E-state index contributed by atoms with van der Waals surface area (Å²) in [6.07, 6.45) is 4.58. The summed E-state index contributed by atoms with van der Waals surface area (Å²) in [6, 6.07) is 0. The topological polar surface area (TPSA) is 78.4 Å². The van der Waals surface area contributed by atoms with Gasteiger partial charge in [0.15, 0.2) is 0 Å². The molecule has 2 heterocycles. The second-order valence-corrected chi connectivity index (χ2v) is 5.15. The maximum atomic E-state index is 12.3. The van der Waals surface area contributed by atoms with E-state index in [2.05, 4.69) is 15.3 Å². The molecule has 1 unspecified atom stereocenters. The van der Waals surface area contributed by atoms with Crippen molar-refractivity contribution in [2.24, 2.45) is 0 Å². The number of nitrogens with zero attached hydrogens (tertiary/aromatic N) is 3. The number of anilines is 1. The number of carbonyl (C=O) groups is 1. The van der Waals surface area contributed by atoms with E-state index < -0.39 is 5.60 Å². The fourth-order valence-electron chi connectivity index (χ4n) is 2.29. The first kappa shape index (κ1) is 13.7. The minimum atomic E-state index is -0.805. The zero-order chi connectivity index (χ0) is 13.9. The second kappa shape index (κ2) is 5.52. The Labute approximate surface area is 112 Å². The summed E-state index contributed by atoms with van der Waals surface area (Å²) in [7, 11) is 0. The van der Waals surface area contributed by atoms with Crippen LogP contribution in [0.4, 0.5) is 5.82 Å². The van der Waals surface area contributed by atoms with Crippen molar-refractivity contribution in [1.29, 1.82) is 0 Å². The molecule has 104 valence electrons. The fourth-order valence-corrected chi connectivity index (χ4v) is 2.29. The quantitative estimate of drug-likeness (QED) is 0.848. The van der Waals surface area contributed by atoms with Gasteiger partial charge in [0.2, 0.25) is 0 Å². The van der Waals surface area contributed by atoms with Crippen LogP contribution in [-0.2, 0) is 0 Å². The molecule has 2 rings (SSSR count). The molecule has 6 nitrogen and oxygen atoms in total. The molecule has 1 aliphatic rings. The van der Waals surface area contributed by atoms with Gasteiger partial charge in [-0.2, -0.15) is 0 Å². The molecule has 0 aliphatic carbocycles. The number of aliphatic hydroxyl groups is 1. The molecular weight excluding hydrogens is 244 g/mol. The number of hydrogen-bond acceptors (Lipinski definition) is 5. The van der Waals surface area contributed by atoms with Crippen molar-refractivity contribution in [1.82, 2.24) is 14.9 Å². The highest BCUT2D eigenvalue weighted by atomic mass is 16.3. The highest BCUT2D eigenvalue weighted by Gasteiger charge is 2.31.